The number of fused-ring (bicyclic) bond motifs is 6. The fourth-order valence-corrected chi connectivity index (χ4v) is 13.6. The van der Waals surface area contributed by atoms with Crippen LogP contribution in [-0.4, -0.2) is 88.6 Å². The Bertz CT molecular complexity index is 4960. The van der Waals surface area contributed by atoms with Crippen molar-refractivity contribution in [2.24, 2.45) is 0 Å². The van der Waals surface area contributed by atoms with Crippen LogP contribution < -0.4 is 69.7 Å². The van der Waals surface area contributed by atoms with Crippen LogP contribution in [0, 0.1) is 0 Å². The second kappa shape index (κ2) is 37.1. The first-order valence-corrected chi connectivity index (χ1v) is 35.4. The molecule has 0 unspecified atom stereocenters. The molecule has 3 aliphatic heterocycles. The number of rotatable bonds is 21. The Morgan fingerprint density at radius 2 is 0.912 bits per heavy atom. The van der Waals surface area contributed by atoms with E-state index in [2.05, 4.69) is 203 Å². The average Bonchev–Trinajstić information content (AvgIpc) is 0.760. The average molecular weight is 1410 g/mol. The van der Waals surface area contributed by atoms with Crippen molar-refractivity contribution in [2.45, 2.75) is 110 Å². The molecule has 2 aliphatic carbocycles. The molecule has 0 saturated heterocycles. The zero-order chi connectivity index (χ0) is 70.3. The Morgan fingerprint density at radius 1 is 0.461 bits per heavy atom. The van der Waals surface area contributed by atoms with E-state index in [0.29, 0.717) is 29.9 Å². The fourth-order valence-electron chi connectivity index (χ4n) is 13.6. The lowest BCUT2D eigenvalue weighted by atomic mass is 9.89. The topological polar surface area (TPSA) is 138 Å². The summed E-state index contributed by atoms with van der Waals surface area (Å²) in [4.78, 5) is 42.3. The Balaban J connectivity index is 0.000000212. The zero-order valence-corrected chi connectivity index (χ0v) is 61.9. The summed E-state index contributed by atoms with van der Waals surface area (Å²) in [6.45, 7) is 33.1. The van der Waals surface area contributed by atoms with Crippen LogP contribution in [0.3, 0.4) is 0 Å². The smallest absolute Gasteiger partial charge is 0.338 e. The van der Waals surface area contributed by atoms with E-state index in [9.17, 15) is 19.5 Å². The van der Waals surface area contributed by atoms with E-state index >= 15 is 0 Å². The molecule has 15 heteroatoms. The number of halogens is 2. The Kier molecular flexibility index (Phi) is 28.9. The number of carboxylic acid groups (broad SMARTS) is 1. The van der Waals surface area contributed by atoms with Gasteiger partial charge in [0.2, 0.25) is 10.7 Å². The van der Waals surface area contributed by atoms with Crippen molar-refractivity contribution in [1.29, 1.82) is 0 Å². The lowest BCUT2D eigenvalue weighted by molar-refractivity contribution is -0.00100. The molecule has 7 aromatic carbocycles. The highest BCUT2D eigenvalue weighted by Gasteiger charge is 2.28. The molecule has 0 bridgehead atoms. The van der Waals surface area contributed by atoms with Gasteiger partial charge in [-0.3, -0.25) is 0 Å². The van der Waals surface area contributed by atoms with Crippen LogP contribution in [0.5, 0.6) is 11.5 Å². The predicted molar refractivity (Wildman–Crippen MR) is 411 cm³/mol. The maximum Gasteiger partial charge on any atom is 0.338 e. The molecule has 0 atom stereocenters. The monoisotopic (exact) mass is 1410 g/mol. The van der Waals surface area contributed by atoms with Crippen molar-refractivity contribution in [1.82, 2.24) is 9.15 Å². The van der Waals surface area contributed by atoms with E-state index in [1.165, 1.54) is 5.56 Å². The summed E-state index contributed by atoms with van der Waals surface area (Å²) in [5, 5.41) is 16.1. The number of ether oxygens (including phenoxy) is 3. The van der Waals surface area contributed by atoms with Gasteiger partial charge in [0.25, 0.3) is 0 Å². The third kappa shape index (κ3) is 17.0. The van der Waals surface area contributed by atoms with Gasteiger partial charge in [-0.1, -0.05) is 107 Å². The summed E-state index contributed by atoms with van der Waals surface area (Å²) >= 11 is 0. The fraction of sp³-hybridized carbons (Fsp3) is 0.299. The van der Waals surface area contributed by atoms with Gasteiger partial charge in [-0.05, 0) is 182 Å². The Morgan fingerprint density at radius 3 is 1.36 bits per heavy atom. The molecule has 13 nitrogen and oxygen atoms in total. The summed E-state index contributed by atoms with van der Waals surface area (Å²) in [6, 6.07) is 60.4. The second-order valence-electron chi connectivity index (χ2n) is 24.2. The van der Waals surface area contributed by atoms with E-state index < -0.39 is 5.97 Å². The molecule has 1 N–H and O–H groups in total. The number of anilines is 2. The number of nitrogens with zero attached hydrogens (tertiary/aromatic N) is 4. The standard InChI is InChI=1S/C30H35N2O3.C28H30N2O3.C28H28O3.CH4.2ClH/c1-6-31(7-2)21-15-17-25-27(19-21)35-28-20-22(32(8-3)9-4)16-18-26(28)29(25)23-13-11-12-14-24(23)30(33)34-10-5;1-5-29(6-2)19-13-15-23-25(17-19)33-26-18-20(30(7-3)8-4)14-16-24(26)27(23)21-11-9-10-12-22(21)28(31)32;1-4-9-19-13-15-23-25(17-19)31-26-18-20(10-5-2)14-16-24(26)27(23)21-11-7-8-12-22(21)28(29)30-6-3;;;/h11-20H,6-10H2,1-5H3;9-18H,5-8H2,1-4H3;7-9,11-18H,4-6,10H2,1-3H3;1H4;2*1H/q+1;;;;;/p-1/b;;19-9+;;;. The number of aryl methyl sites for hydroxylation is 1. The lowest BCUT2D eigenvalue weighted by Crippen LogP contribution is -3.00. The number of esters is 2. The molecule has 0 saturated carbocycles. The molecule has 7 aromatic rings. The largest absolute Gasteiger partial charge is 1.00 e. The highest BCUT2D eigenvalue weighted by atomic mass is 35.5. The van der Waals surface area contributed by atoms with Gasteiger partial charge in [-0.25, -0.2) is 23.5 Å². The molecular weight excluding hydrogens is 1320 g/mol. The van der Waals surface area contributed by atoms with Gasteiger partial charge >= 0.3 is 17.9 Å². The van der Waals surface area contributed by atoms with Gasteiger partial charge in [0.15, 0.2) is 0 Å². The minimum atomic E-state index is -0.938. The number of carboxylic acids is 1. The highest BCUT2D eigenvalue weighted by Crippen LogP contribution is 2.45. The van der Waals surface area contributed by atoms with Crippen molar-refractivity contribution in [3.63, 3.8) is 0 Å². The number of carbonyl (C=O) groups is 3. The lowest BCUT2D eigenvalue weighted by Gasteiger charge is -2.23. The van der Waals surface area contributed by atoms with Crippen molar-refractivity contribution in [3.05, 3.63) is 237 Å². The molecule has 0 aromatic heterocycles. The summed E-state index contributed by atoms with van der Waals surface area (Å²) < 4.78 is 34.7. The number of benzene rings is 9. The third-order valence-electron chi connectivity index (χ3n) is 18.5. The van der Waals surface area contributed by atoms with Crippen molar-refractivity contribution >= 4 is 62.9 Å². The van der Waals surface area contributed by atoms with Crippen LogP contribution in [0.4, 0.5) is 11.4 Å². The van der Waals surface area contributed by atoms with Gasteiger partial charge in [0.05, 0.1) is 42.0 Å². The molecule has 3 heterocycles. The first-order valence-electron chi connectivity index (χ1n) is 35.4. The first kappa shape index (κ1) is 79.4. The Labute approximate surface area is 613 Å². The van der Waals surface area contributed by atoms with E-state index in [1.54, 1.807) is 12.1 Å². The SMILES string of the molecule is C.CC/C=c1\ccc2c(c1)Oc1cc(CCC)ccc1C=2c1ccccc1C(=O)OCC.CCN(CC)c1ccc2c(-c3ccccc3C(=O)O)c3ccc(=[N+](CC)CC)cc-3oc2c1.CCOC(=O)c1ccccc1-c1c2ccc(=[N+](CC)CC)cc-2oc2cc(N(CC)CC)ccc12.[Cl-].[Cl-]. The number of hydrogen-bond donors (Lipinski definition) is 1. The minimum absolute atomic E-state index is 0. The van der Waals surface area contributed by atoms with Crippen molar-refractivity contribution in [2.75, 3.05) is 75.4 Å². The quantitative estimate of drug-likeness (QED) is 0.0418. The normalized spacial score (nSPS) is 11.3. The van der Waals surface area contributed by atoms with Gasteiger partial charge < -0.3 is 62.8 Å². The number of aromatic carboxylic acids is 1. The molecule has 0 amide bonds. The van der Waals surface area contributed by atoms with Gasteiger partial charge in [0.1, 0.15) is 60.4 Å². The van der Waals surface area contributed by atoms with Crippen molar-refractivity contribution < 1.29 is 67.3 Å². The Hall–Kier alpha value is -9.95. The molecule has 0 spiro atoms. The van der Waals surface area contributed by atoms with Crippen LogP contribution in [0.15, 0.2) is 191 Å². The minimum Gasteiger partial charge on any atom is -1.00 e. The summed E-state index contributed by atoms with van der Waals surface area (Å²) in [6.07, 6.45) is 5.21. The molecule has 5 aliphatic rings. The van der Waals surface area contributed by atoms with Crippen LogP contribution in [0.25, 0.3) is 78.5 Å². The van der Waals surface area contributed by atoms with Crippen molar-refractivity contribution in [3.8, 4) is 56.4 Å². The maximum atomic E-state index is 12.9. The van der Waals surface area contributed by atoms with Crippen LogP contribution in [0.2, 0.25) is 0 Å². The van der Waals surface area contributed by atoms with E-state index in [4.69, 9.17) is 23.0 Å². The number of hydrogen-bond acceptors (Lipinski definition) is 10. The van der Waals surface area contributed by atoms with E-state index in [0.717, 1.165) is 194 Å². The highest BCUT2D eigenvalue weighted by molar-refractivity contribution is 6.10. The van der Waals surface area contributed by atoms with Crippen LogP contribution in [0.1, 0.15) is 151 Å². The van der Waals surface area contributed by atoms with Crippen LogP contribution in [-0.2, 0) is 15.9 Å². The second-order valence-corrected chi connectivity index (χ2v) is 24.2. The maximum absolute atomic E-state index is 12.9. The van der Waals surface area contributed by atoms with Gasteiger partial charge in [-0.2, -0.15) is 0 Å². The molecule has 102 heavy (non-hydrogen) atoms. The summed E-state index contributed by atoms with van der Waals surface area (Å²) in [5.74, 6) is 1.64. The molecule has 0 fully saturated rings. The molecular formula is C87H98Cl2N4O9. The molecule has 0 radical (unpaired) electrons. The van der Waals surface area contributed by atoms with Crippen LogP contribution >= 0.6 is 0 Å². The van der Waals surface area contributed by atoms with Gasteiger partial charge in [-0.15, -0.1) is 0 Å². The van der Waals surface area contributed by atoms with E-state index in [-0.39, 0.29) is 49.7 Å². The molecule has 12 rings (SSSR count). The van der Waals surface area contributed by atoms with Gasteiger partial charge in [0, 0.05) is 111 Å². The predicted octanol–water partition coefficient (Wildman–Crippen LogP) is 11.6. The molecule has 534 valence electrons. The van der Waals surface area contributed by atoms with E-state index in [1.807, 2.05) is 74.5 Å². The first-order chi connectivity index (χ1) is 48.2. The third-order valence-corrected chi connectivity index (χ3v) is 18.5. The summed E-state index contributed by atoms with van der Waals surface area (Å²) in [5.41, 5.74) is 14.6. The zero-order valence-electron chi connectivity index (χ0n) is 60.3. The summed E-state index contributed by atoms with van der Waals surface area (Å²) in [7, 11) is 0. The number of carbonyl (C=O) groups excluding carboxylic acids is 2.